The minimum atomic E-state index is -0.275. The molecule has 0 atom stereocenters. The summed E-state index contributed by atoms with van der Waals surface area (Å²) in [6.07, 6.45) is 0.733. The van der Waals surface area contributed by atoms with Crippen LogP contribution in [0.15, 0.2) is 23.6 Å². The number of carbonyl (C=O) groups is 2. The third-order valence-electron chi connectivity index (χ3n) is 2.91. The Morgan fingerprint density at radius 3 is 2.91 bits per heavy atom. The van der Waals surface area contributed by atoms with Gasteiger partial charge >= 0.3 is 0 Å². The molecule has 2 N–H and O–H groups in total. The highest BCUT2D eigenvalue weighted by Crippen LogP contribution is 2.14. The maximum Gasteiger partial charge on any atom is 0.271 e. The second-order valence-corrected chi connectivity index (χ2v) is 5.52. The minimum Gasteiger partial charge on any atom is -0.385 e. The van der Waals surface area contributed by atoms with E-state index in [1.54, 1.807) is 26.3 Å². The SMILES string of the molecule is COCCCNC(=O)c1cc(NC(=O)c2cccs2)n(C)n1. The van der Waals surface area contributed by atoms with Crippen molar-refractivity contribution in [3.05, 3.63) is 34.2 Å². The molecule has 0 bridgehead atoms. The molecular formula is C14H18N4O3S. The largest absolute Gasteiger partial charge is 0.385 e. The molecular weight excluding hydrogens is 304 g/mol. The number of hydrogen-bond donors (Lipinski definition) is 2. The summed E-state index contributed by atoms with van der Waals surface area (Å²) in [6, 6.07) is 5.10. The Kier molecular flexibility index (Phi) is 5.68. The number of carbonyl (C=O) groups excluding carboxylic acids is 2. The Labute approximate surface area is 132 Å². The zero-order valence-electron chi connectivity index (χ0n) is 12.5. The molecule has 118 valence electrons. The molecule has 2 aromatic heterocycles. The van der Waals surface area contributed by atoms with E-state index in [2.05, 4.69) is 15.7 Å². The van der Waals surface area contributed by atoms with Gasteiger partial charge in [0.15, 0.2) is 5.69 Å². The number of thiophene rings is 1. The maximum absolute atomic E-state index is 12.0. The molecule has 0 saturated carbocycles. The zero-order chi connectivity index (χ0) is 15.9. The van der Waals surface area contributed by atoms with Crippen LogP contribution in [0.1, 0.15) is 26.6 Å². The average molecular weight is 322 g/mol. The Bertz CT molecular complexity index is 637. The molecule has 2 heterocycles. The number of rotatable bonds is 7. The van der Waals surface area contributed by atoms with Gasteiger partial charge in [-0.2, -0.15) is 5.10 Å². The van der Waals surface area contributed by atoms with Crippen molar-refractivity contribution in [2.24, 2.45) is 7.05 Å². The molecule has 0 fully saturated rings. The first-order valence-corrected chi connectivity index (χ1v) is 7.66. The number of aromatic nitrogens is 2. The van der Waals surface area contributed by atoms with Crippen LogP contribution in [0.3, 0.4) is 0 Å². The predicted octanol–water partition coefficient (Wildman–Crippen LogP) is 1.50. The van der Waals surface area contributed by atoms with Crippen LogP contribution in [0, 0.1) is 0 Å². The molecule has 0 saturated heterocycles. The lowest BCUT2D eigenvalue weighted by molar-refractivity contribution is 0.0942. The van der Waals surface area contributed by atoms with Crippen molar-refractivity contribution in [3.8, 4) is 0 Å². The fourth-order valence-corrected chi connectivity index (χ4v) is 2.41. The van der Waals surface area contributed by atoms with Crippen molar-refractivity contribution in [2.45, 2.75) is 6.42 Å². The quantitative estimate of drug-likeness (QED) is 0.757. The maximum atomic E-state index is 12.0. The van der Waals surface area contributed by atoms with Gasteiger partial charge in [0.2, 0.25) is 0 Å². The van der Waals surface area contributed by atoms with E-state index in [1.807, 2.05) is 11.4 Å². The predicted molar refractivity (Wildman–Crippen MR) is 84.3 cm³/mol. The summed E-state index contributed by atoms with van der Waals surface area (Å²) in [5, 5.41) is 11.4. The lowest BCUT2D eigenvalue weighted by Gasteiger charge is -2.02. The molecule has 8 heteroatoms. The lowest BCUT2D eigenvalue weighted by atomic mass is 10.3. The number of nitrogens with one attached hydrogen (secondary N) is 2. The van der Waals surface area contributed by atoms with Gasteiger partial charge in [-0.1, -0.05) is 6.07 Å². The summed E-state index contributed by atoms with van der Waals surface area (Å²) in [4.78, 5) is 24.5. The molecule has 2 aromatic rings. The third kappa shape index (κ3) is 4.15. The van der Waals surface area contributed by atoms with Gasteiger partial charge in [0, 0.05) is 33.4 Å². The van der Waals surface area contributed by atoms with E-state index in [0.29, 0.717) is 23.8 Å². The van der Waals surface area contributed by atoms with Crippen LogP contribution >= 0.6 is 11.3 Å². The molecule has 2 rings (SSSR count). The van der Waals surface area contributed by atoms with E-state index in [9.17, 15) is 9.59 Å². The molecule has 0 spiro atoms. The summed E-state index contributed by atoms with van der Waals surface area (Å²) in [6.45, 7) is 1.10. The summed E-state index contributed by atoms with van der Waals surface area (Å²) < 4.78 is 6.38. The fourth-order valence-electron chi connectivity index (χ4n) is 1.79. The Hall–Kier alpha value is -2.19. The normalized spacial score (nSPS) is 10.5. The molecule has 7 nitrogen and oxygen atoms in total. The van der Waals surface area contributed by atoms with Crippen molar-refractivity contribution in [3.63, 3.8) is 0 Å². The van der Waals surface area contributed by atoms with E-state index in [0.717, 1.165) is 6.42 Å². The second-order valence-electron chi connectivity index (χ2n) is 4.57. The molecule has 2 amide bonds. The molecule has 0 aliphatic heterocycles. The van der Waals surface area contributed by atoms with E-state index in [-0.39, 0.29) is 17.5 Å². The number of anilines is 1. The summed E-state index contributed by atoms with van der Waals surface area (Å²) >= 11 is 1.35. The van der Waals surface area contributed by atoms with E-state index < -0.39 is 0 Å². The smallest absolute Gasteiger partial charge is 0.271 e. The zero-order valence-corrected chi connectivity index (χ0v) is 13.3. The summed E-state index contributed by atoms with van der Waals surface area (Å²) in [5.74, 6) is -0.0196. The molecule has 0 radical (unpaired) electrons. The van der Waals surface area contributed by atoms with Crippen molar-refractivity contribution in [1.29, 1.82) is 0 Å². The second kappa shape index (κ2) is 7.71. The van der Waals surface area contributed by atoms with Gasteiger partial charge in [0.25, 0.3) is 11.8 Å². The van der Waals surface area contributed by atoms with Crippen LogP contribution in [-0.4, -0.2) is 41.9 Å². The number of hydrogen-bond acceptors (Lipinski definition) is 5. The highest BCUT2D eigenvalue weighted by Gasteiger charge is 2.15. The topological polar surface area (TPSA) is 85.3 Å². The first-order chi connectivity index (χ1) is 10.6. The number of aryl methyl sites for hydroxylation is 1. The van der Waals surface area contributed by atoms with Crippen LogP contribution in [0.25, 0.3) is 0 Å². The monoisotopic (exact) mass is 322 g/mol. The number of amides is 2. The Morgan fingerprint density at radius 2 is 2.23 bits per heavy atom. The first-order valence-electron chi connectivity index (χ1n) is 6.78. The van der Waals surface area contributed by atoms with Gasteiger partial charge in [-0.3, -0.25) is 14.3 Å². The van der Waals surface area contributed by atoms with Crippen molar-refractivity contribution in [2.75, 3.05) is 25.6 Å². The molecule has 0 aliphatic carbocycles. The van der Waals surface area contributed by atoms with Crippen LogP contribution in [-0.2, 0) is 11.8 Å². The first kappa shape index (κ1) is 16.2. The highest BCUT2D eigenvalue weighted by molar-refractivity contribution is 7.12. The molecule has 0 unspecified atom stereocenters. The third-order valence-corrected chi connectivity index (χ3v) is 3.78. The van der Waals surface area contributed by atoms with E-state index in [4.69, 9.17) is 4.74 Å². The van der Waals surface area contributed by atoms with Crippen LogP contribution in [0.5, 0.6) is 0 Å². The molecule has 0 aliphatic rings. The standard InChI is InChI=1S/C14H18N4O3S/c1-18-12(16-14(20)11-5-3-8-22-11)9-10(17-18)13(19)15-6-4-7-21-2/h3,5,8-9H,4,6-7H2,1-2H3,(H,15,19)(H,16,20). The number of methoxy groups -OCH3 is 1. The molecule has 0 aromatic carbocycles. The van der Waals surface area contributed by atoms with Crippen molar-refractivity contribution >= 4 is 29.0 Å². The van der Waals surface area contributed by atoms with Gasteiger partial charge in [-0.05, 0) is 17.9 Å². The van der Waals surface area contributed by atoms with Crippen LogP contribution in [0.2, 0.25) is 0 Å². The van der Waals surface area contributed by atoms with Crippen LogP contribution < -0.4 is 10.6 Å². The van der Waals surface area contributed by atoms with Gasteiger partial charge in [-0.25, -0.2) is 0 Å². The lowest BCUT2D eigenvalue weighted by Crippen LogP contribution is -2.25. The average Bonchev–Trinajstić information content (AvgIpc) is 3.14. The molecule has 22 heavy (non-hydrogen) atoms. The summed E-state index contributed by atoms with van der Waals surface area (Å²) in [5.41, 5.74) is 0.265. The fraction of sp³-hybridized carbons (Fsp3) is 0.357. The number of nitrogens with zero attached hydrogens (tertiary/aromatic N) is 2. The van der Waals surface area contributed by atoms with Gasteiger partial charge in [-0.15, -0.1) is 11.3 Å². The highest BCUT2D eigenvalue weighted by atomic mass is 32.1. The Morgan fingerprint density at radius 1 is 1.41 bits per heavy atom. The van der Waals surface area contributed by atoms with E-state index in [1.165, 1.54) is 16.0 Å². The van der Waals surface area contributed by atoms with Crippen molar-refractivity contribution < 1.29 is 14.3 Å². The minimum absolute atomic E-state index is 0.218. The van der Waals surface area contributed by atoms with Gasteiger partial charge in [0.05, 0.1) is 4.88 Å². The number of ether oxygens (including phenoxy) is 1. The Balaban J connectivity index is 1.96. The summed E-state index contributed by atoms with van der Waals surface area (Å²) in [7, 11) is 3.29. The van der Waals surface area contributed by atoms with Gasteiger partial charge < -0.3 is 15.4 Å². The van der Waals surface area contributed by atoms with Crippen LogP contribution in [0.4, 0.5) is 5.82 Å². The van der Waals surface area contributed by atoms with Gasteiger partial charge in [0.1, 0.15) is 5.82 Å². The van der Waals surface area contributed by atoms with Crippen molar-refractivity contribution in [1.82, 2.24) is 15.1 Å². The van der Waals surface area contributed by atoms with E-state index >= 15 is 0 Å².